The highest BCUT2D eigenvalue weighted by Gasteiger charge is 2.18. The summed E-state index contributed by atoms with van der Waals surface area (Å²) in [4.78, 5) is 19.3. The molecule has 3 aromatic rings. The van der Waals surface area contributed by atoms with Crippen LogP contribution in [0.1, 0.15) is 40.4 Å². The Hall–Kier alpha value is -3.40. The molecule has 1 aliphatic heterocycles. The number of ether oxygens (including phenoxy) is 1. The van der Waals surface area contributed by atoms with Crippen LogP contribution in [-0.4, -0.2) is 30.7 Å². The summed E-state index contributed by atoms with van der Waals surface area (Å²) in [6.07, 6.45) is 2.81. The molecule has 1 aliphatic rings. The number of hydrogen-bond acceptors (Lipinski definition) is 3. The summed E-state index contributed by atoms with van der Waals surface area (Å²) in [5, 5.41) is 0. The average Bonchev–Trinajstić information content (AvgIpc) is 3.27. The molecule has 0 radical (unpaired) electrons. The second-order valence-corrected chi connectivity index (χ2v) is 7.54. The van der Waals surface area contributed by atoms with Crippen LogP contribution in [0.5, 0.6) is 5.75 Å². The van der Waals surface area contributed by atoms with Crippen molar-refractivity contribution in [2.24, 2.45) is 4.99 Å². The van der Waals surface area contributed by atoms with Gasteiger partial charge in [-0.2, -0.15) is 0 Å². The minimum atomic E-state index is -0.0209. The Morgan fingerprint density at radius 2 is 1.90 bits per heavy atom. The summed E-state index contributed by atoms with van der Waals surface area (Å²) in [7, 11) is 1.84. The minimum Gasteiger partial charge on any atom is -0.493 e. The van der Waals surface area contributed by atoms with Gasteiger partial charge in [-0.15, -0.1) is 0 Å². The minimum absolute atomic E-state index is 0.0209. The van der Waals surface area contributed by atoms with Crippen molar-refractivity contribution in [3.63, 3.8) is 0 Å². The molecular weight excluding hydrogens is 372 g/mol. The lowest BCUT2D eigenvalue weighted by molar-refractivity contribution is 0.0784. The second kappa shape index (κ2) is 8.95. The quantitative estimate of drug-likeness (QED) is 0.539. The third-order valence-corrected chi connectivity index (χ3v) is 5.32. The summed E-state index contributed by atoms with van der Waals surface area (Å²) in [6, 6.07) is 22.0. The number of rotatable bonds is 7. The van der Waals surface area contributed by atoms with Gasteiger partial charge in [-0.05, 0) is 46.9 Å². The number of carbonyl (C=O) groups excluding carboxylic acids is 1. The van der Waals surface area contributed by atoms with Crippen LogP contribution >= 0.6 is 0 Å². The Morgan fingerprint density at radius 3 is 2.70 bits per heavy atom. The van der Waals surface area contributed by atoms with Crippen LogP contribution in [0.2, 0.25) is 0 Å². The van der Waals surface area contributed by atoms with E-state index in [0.717, 1.165) is 34.4 Å². The number of carbonyl (C=O) groups is 1. The van der Waals surface area contributed by atoms with E-state index in [1.165, 1.54) is 5.56 Å². The van der Waals surface area contributed by atoms with Gasteiger partial charge in [-0.25, -0.2) is 0 Å². The largest absolute Gasteiger partial charge is 0.493 e. The maximum atomic E-state index is 13.2. The SMILES string of the molecule is CCCOc1cc(C(=O)N(C)Cc2cccc3c2CN=C3)ccc1-c1ccccc1. The van der Waals surface area contributed by atoms with Crippen LogP contribution in [-0.2, 0) is 13.1 Å². The van der Waals surface area contributed by atoms with Crippen molar-refractivity contribution in [1.29, 1.82) is 0 Å². The van der Waals surface area contributed by atoms with Crippen molar-refractivity contribution >= 4 is 12.1 Å². The molecule has 0 atom stereocenters. The zero-order valence-corrected chi connectivity index (χ0v) is 17.5. The zero-order chi connectivity index (χ0) is 20.9. The topological polar surface area (TPSA) is 41.9 Å². The van der Waals surface area contributed by atoms with E-state index in [1.54, 1.807) is 4.90 Å². The molecule has 0 saturated carbocycles. The first kappa shape index (κ1) is 19.9. The smallest absolute Gasteiger partial charge is 0.254 e. The molecule has 30 heavy (non-hydrogen) atoms. The molecule has 0 N–H and O–H groups in total. The van der Waals surface area contributed by atoms with E-state index < -0.39 is 0 Å². The lowest BCUT2D eigenvalue weighted by Crippen LogP contribution is -2.26. The molecule has 0 bridgehead atoms. The van der Waals surface area contributed by atoms with Crippen molar-refractivity contribution in [2.45, 2.75) is 26.4 Å². The summed E-state index contributed by atoms with van der Waals surface area (Å²) >= 11 is 0. The molecule has 0 saturated heterocycles. The Kier molecular flexibility index (Phi) is 5.94. The predicted molar refractivity (Wildman–Crippen MR) is 121 cm³/mol. The summed E-state index contributed by atoms with van der Waals surface area (Å²) in [5.41, 5.74) is 6.22. The van der Waals surface area contributed by atoms with Gasteiger partial charge in [0.2, 0.25) is 0 Å². The predicted octanol–water partition coefficient (Wildman–Crippen LogP) is 5.35. The Balaban J connectivity index is 1.58. The number of aliphatic imine (C=N–C) groups is 1. The standard InChI is InChI=1S/C26H26N2O2/c1-3-14-30-25-15-20(12-13-23(25)19-8-5-4-6-9-19)26(29)28(2)18-22-11-7-10-21-16-27-17-24(21)22/h4-13,15-16H,3,14,17-18H2,1-2H3. The highest BCUT2D eigenvalue weighted by Crippen LogP contribution is 2.32. The van der Waals surface area contributed by atoms with Crippen LogP contribution in [0.25, 0.3) is 11.1 Å². The Labute approximate surface area is 177 Å². The molecule has 0 aromatic heterocycles. The molecule has 4 nitrogen and oxygen atoms in total. The summed E-state index contributed by atoms with van der Waals surface area (Å²) in [6.45, 7) is 3.93. The average molecular weight is 399 g/mol. The van der Waals surface area contributed by atoms with Crippen LogP contribution in [0, 0.1) is 0 Å². The van der Waals surface area contributed by atoms with Crippen molar-refractivity contribution < 1.29 is 9.53 Å². The summed E-state index contributed by atoms with van der Waals surface area (Å²) in [5.74, 6) is 0.726. The maximum Gasteiger partial charge on any atom is 0.254 e. The highest BCUT2D eigenvalue weighted by molar-refractivity contribution is 5.95. The highest BCUT2D eigenvalue weighted by atomic mass is 16.5. The van der Waals surface area contributed by atoms with Gasteiger partial charge in [-0.3, -0.25) is 9.79 Å². The van der Waals surface area contributed by atoms with Crippen LogP contribution in [0.3, 0.4) is 0 Å². The molecule has 152 valence electrons. The van der Waals surface area contributed by atoms with Crippen molar-refractivity contribution in [3.8, 4) is 16.9 Å². The van der Waals surface area contributed by atoms with E-state index >= 15 is 0 Å². The Bertz CT molecular complexity index is 1070. The monoisotopic (exact) mass is 398 g/mol. The Morgan fingerprint density at radius 1 is 1.07 bits per heavy atom. The molecule has 0 unspecified atom stereocenters. The summed E-state index contributed by atoms with van der Waals surface area (Å²) < 4.78 is 6.00. The lowest BCUT2D eigenvalue weighted by Gasteiger charge is -2.20. The van der Waals surface area contributed by atoms with Gasteiger partial charge in [0, 0.05) is 30.9 Å². The molecular formula is C26H26N2O2. The number of nitrogens with zero attached hydrogens (tertiary/aromatic N) is 2. The number of benzene rings is 3. The van der Waals surface area contributed by atoms with Gasteiger partial charge in [0.25, 0.3) is 5.91 Å². The molecule has 1 heterocycles. The van der Waals surface area contributed by atoms with Gasteiger partial charge in [0.05, 0.1) is 13.2 Å². The second-order valence-electron chi connectivity index (χ2n) is 7.54. The first-order valence-electron chi connectivity index (χ1n) is 10.4. The van der Waals surface area contributed by atoms with E-state index in [4.69, 9.17) is 4.74 Å². The van der Waals surface area contributed by atoms with Crippen molar-refractivity contribution in [1.82, 2.24) is 4.90 Å². The third-order valence-electron chi connectivity index (χ3n) is 5.32. The zero-order valence-electron chi connectivity index (χ0n) is 17.5. The third kappa shape index (κ3) is 4.13. The normalized spacial score (nSPS) is 11.9. The first-order valence-corrected chi connectivity index (χ1v) is 10.4. The molecule has 0 aliphatic carbocycles. The fourth-order valence-corrected chi connectivity index (χ4v) is 3.74. The van der Waals surface area contributed by atoms with E-state index in [1.807, 2.05) is 55.7 Å². The van der Waals surface area contributed by atoms with Gasteiger partial charge >= 0.3 is 0 Å². The molecule has 1 amide bonds. The molecule has 4 heteroatoms. The van der Waals surface area contributed by atoms with Gasteiger partial charge in [-0.1, -0.05) is 55.5 Å². The molecule has 4 rings (SSSR count). The molecule has 3 aromatic carbocycles. The fraction of sp³-hybridized carbons (Fsp3) is 0.231. The van der Waals surface area contributed by atoms with Gasteiger partial charge in [0.1, 0.15) is 5.75 Å². The van der Waals surface area contributed by atoms with Crippen molar-refractivity contribution in [3.05, 3.63) is 89.0 Å². The van der Waals surface area contributed by atoms with E-state index in [0.29, 0.717) is 25.3 Å². The molecule has 0 fully saturated rings. The van der Waals surface area contributed by atoms with E-state index in [2.05, 4.69) is 36.2 Å². The number of hydrogen-bond donors (Lipinski definition) is 0. The lowest BCUT2D eigenvalue weighted by atomic mass is 10.0. The van der Waals surface area contributed by atoms with E-state index in [9.17, 15) is 4.79 Å². The van der Waals surface area contributed by atoms with Gasteiger partial charge < -0.3 is 9.64 Å². The fourth-order valence-electron chi connectivity index (χ4n) is 3.74. The first-order chi connectivity index (χ1) is 14.7. The van der Waals surface area contributed by atoms with Crippen molar-refractivity contribution in [2.75, 3.05) is 13.7 Å². The van der Waals surface area contributed by atoms with Crippen LogP contribution < -0.4 is 4.74 Å². The van der Waals surface area contributed by atoms with Crippen LogP contribution in [0.4, 0.5) is 0 Å². The van der Waals surface area contributed by atoms with Crippen LogP contribution in [0.15, 0.2) is 71.7 Å². The van der Waals surface area contributed by atoms with Gasteiger partial charge in [0.15, 0.2) is 0 Å². The maximum absolute atomic E-state index is 13.2. The number of amides is 1. The number of fused-ring (bicyclic) bond motifs is 1. The molecule has 0 spiro atoms. The van der Waals surface area contributed by atoms with E-state index in [-0.39, 0.29) is 5.91 Å².